The van der Waals surface area contributed by atoms with Crippen LogP contribution in [0.3, 0.4) is 0 Å². The van der Waals surface area contributed by atoms with Gasteiger partial charge in [-0.05, 0) is 19.4 Å². The Kier molecular flexibility index (Phi) is 2.65. The molecule has 0 aliphatic heterocycles. The minimum absolute atomic E-state index is 0.315. The number of aliphatic hydroxyl groups is 2. The molecule has 3 heteroatoms. The molecule has 0 amide bonds. The monoisotopic (exact) mass is 145 g/mol. The Hall–Kier alpha value is -0.120. The zero-order valence-electron chi connectivity index (χ0n) is 6.25. The molecule has 1 rings (SSSR count). The molecule has 0 bridgehead atoms. The Balaban J connectivity index is 2.27. The van der Waals surface area contributed by atoms with E-state index in [0.29, 0.717) is 18.9 Å². The van der Waals surface area contributed by atoms with Gasteiger partial charge in [0.25, 0.3) is 0 Å². The quantitative estimate of drug-likeness (QED) is 0.490. The largest absolute Gasteiger partial charge is 0.390 e. The lowest BCUT2D eigenvalue weighted by atomic mass is 10.2. The first-order chi connectivity index (χ1) is 4.74. The molecule has 0 radical (unpaired) electrons. The topological polar surface area (TPSA) is 52.5 Å². The molecule has 1 unspecified atom stereocenters. The molecule has 3 atom stereocenters. The van der Waals surface area contributed by atoms with Crippen LogP contribution in [-0.2, 0) is 0 Å². The van der Waals surface area contributed by atoms with Crippen molar-refractivity contribution in [2.24, 2.45) is 0 Å². The lowest BCUT2D eigenvalue weighted by Crippen LogP contribution is -2.26. The van der Waals surface area contributed by atoms with E-state index in [1.54, 1.807) is 0 Å². The highest BCUT2D eigenvalue weighted by Crippen LogP contribution is 2.19. The second-order valence-electron chi connectivity index (χ2n) is 2.86. The van der Waals surface area contributed by atoms with E-state index < -0.39 is 12.2 Å². The van der Waals surface area contributed by atoms with E-state index in [1.165, 1.54) is 0 Å². The second kappa shape index (κ2) is 3.32. The summed E-state index contributed by atoms with van der Waals surface area (Å²) in [5.74, 6) is 0. The van der Waals surface area contributed by atoms with E-state index >= 15 is 0 Å². The van der Waals surface area contributed by atoms with E-state index in [4.69, 9.17) is 10.2 Å². The van der Waals surface area contributed by atoms with Crippen LogP contribution in [0.25, 0.3) is 0 Å². The number of aliphatic hydroxyl groups excluding tert-OH is 2. The maximum atomic E-state index is 9.10. The van der Waals surface area contributed by atoms with E-state index in [-0.39, 0.29) is 0 Å². The Labute approximate surface area is 61.1 Å². The first-order valence-corrected chi connectivity index (χ1v) is 3.83. The van der Waals surface area contributed by atoms with Crippen LogP contribution in [-0.4, -0.2) is 35.0 Å². The van der Waals surface area contributed by atoms with Crippen molar-refractivity contribution in [3.63, 3.8) is 0 Å². The van der Waals surface area contributed by atoms with Gasteiger partial charge in [-0.2, -0.15) is 0 Å². The number of nitrogens with one attached hydrogen (secondary N) is 1. The van der Waals surface area contributed by atoms with Crippen molar-refractivity contribution in [1.82, 2.24) is 5.32 Å². The highest BCUT2D eigenvalue weighted by atomic mass is 16.3. The van der Waals surface area contributed by atoms with Gasteiger partial charge in [0.15, 0.2) is 0 Å². The maximum absolute atomic E-state index is 9.10. The minimum Gasteiger partial charge on any atom is -0.390 e. The molecule has 0 aromatic rings. The minimum atomic E-state index is -0.510. The molecule has 0 saturated heterocycles. The molecule has 10 heavy (non-hydrogen) atoms. The number of hydrogen-bond acceptors (Lipinski definition) is 3. The molecular formula is C7H15NO2. The van der Waals surface area contributed by atoms with Gasteiger partial charge in [0, 0.05) is 6.04 Å². The predicted octanol–water partition coefficient (Wildman–Crippen LogP) is -0.520. The van der Waals surface area contributed by atoms with Crippen LogP contribution < -0.4 is 5.32 Å². The summed E-state index contributed by atoms with van der Waals surface area (Å²) >= 11 is 0. The fourth-order valence-electron chi connectivity index (χ4n) is 1.45. The molecule has 3 nitrogen and oxygen atoms in total. The number of hydrogen-bond donors (Lipinski definition) is 3. The smallest absolute Gasteiger partial charge is 0.0814 e. The summed E-state index contributed by atoms with van der Waals surface area (Å²) < 4.78 is 0. The molecule has 1 aliphatic rings. The van der Waals surface area contributed by atoms with Crippen molar-refractivity contribution < 1.29 is 10.2 Å². The predicted molar refractivity (Wildman–Crippen MR) is 38.7 cm³/mol. The molecule has 0 spiro atoms. The van der Waals surface area contributed by atoms with Crippen LogP contribution in [0.1, 0.15) is 19.8 Å². The zero-order valence-corrected chi connectivity index (χ0v) is 6.25. The maximum Gasteiger partial charge on any atom is 0.0814 e. The van der Waals surface area contributed by atoms with Gasteiger partial charge in [0.2, 0.25) is 0 Å². The average Bonchev–Trinajstić information content (AvgIpc) is 2.14. The van der Waals surface area contributed by atoms with Crippen molar-refractivity contribution >= 4 is 0 Å². The van der Waals surface area contributed by atoms with E-state index in [1.807, 2.05) is 6.92 Å². The zero-order chi connectivity index (χ0) is 7.56. The first kappa shape index (κ1) is 7.98. The molecule has 1 fully saturated rings. The fourth-order valence-corrected chi connectivity index (χ4v) is 1.45. The van der Waals surface area contributed by atoms with Gasteiger partial charge in [-0.1, -0.05) is 6.92 Å². The molecule has 60 valence electrons. The molecule has 0 aromatic carbocycles. The highest BCUT2D eigenvalue weighted by Gasteiger charge is 2.30. The second-order valence-corrected chi connectivity index (χ2v) is 2.86. The average molecular weight is 145 g/mol. The Morgan fingerprint density at radius 3 is 2.20 bits per heavy atom. The van der Waals surface area contributed by atoms with E-state index in [9.17, 15) is 0 Å². The molecule has 3 N–H and O–H groups in total. The number of rotatable bonds is 2. The van der Waals surface area contributed by atoms with Gasteiger partial charge in [0.05, 0.1) is 12.2 Å². The van der Waals surface area contributed by atoms with Crippen molar-refractivity contribution in [2.75, 3.05) is 6.54 Å². The van der Waals surface area contributed by atoms with Crippen LogP contribution >= 0.6 is 0 Å². The van der Waals surface area contributed by atoms with Gasteiger partial charge < -0.3 is 15.5 Å². The Bertz CT molecular complexity index is 97.8. The summed E-state index contributed by atoms with van der Waals surface area (Å²) in [6, 6.07) is 0.315. The third-order valence-electron chi connectivity index (χ3n) is 1.99. The molecule has 0 aromatic heterocycles. The van der Waals surface area contributed by atoms with E-state index in [2.05, 4.69) is 5.32 Å². The third-order valence-corrected chi connectivity index (χ3v) is 1.99. The van der Waals surface area contributed by atoms with Gasteiger partial charge in [-0.15, -0.1) is 0 Å². The summed E-state index contributed by atoms with van der Waals surface area (Å²) in [5, 5.41) is 21.4. The summed E-state index contributed by atoms with van der Waals surface area (Å²) in [7, 11) is 0. The van der Waals surface area contributed by atoms with Crippen LogP contribution in [0.5, 0.6) is 0 Å². The summed E-state index contributed by atoms with van der Waals surface area (Å²) in [5.41, 5.74) is 0. The van der Waals surface area contributed by atoms with Crippen molar-refractivity contribution in [3.05, 3.63) is 0 Å². The van der Waals surface area contributed by atoms with Gasteiger partial charge in [0.1, 0.15) is 0 Å². The van der Waals surface area contributed by atoms with Crippen LogP contribution in [0.4, 0.5) is 0 Å². The van der Waals surface area contributed by atoms with Crippen LogP contribution in [0, 0.1) is 0 Å². The van der Waals surface area contributed by atoms with E-state index in [0.717, 1.165) is 6.54 Å². The molecular weight excluding hydrogens is 130 g/mol. The molecule has 1 saturated carbocycles. The summed E-state index contributed by atoms with van der Waals surface area (Å²) in [6.07, 6.45) is 0.359. The van der Waals surface area contributed by atoms with Crippen molar-refractivity contribution in [2.45, 2.75) is 38.0 Å². The van der Waals surface area contributed by atoms with Gasteiger partial charge >= 0.3 is 0 Å². The Morgan fingerprint density at radius 2 is 1.80 bits per heavy atom. The lowest BCUT2D eigenvalue weighted by molar-refractivity contribution is 0.0438. The molecule has 0 heterocycles. The standard InChI is InChI=1S/C7H15NO2/c1-2-8-5-3-6(9)7(10)4-5/h5-10H,2-4H2,1H3/t5?,6-,7+. The normalized spacial score (nSPS) is 40.5. The van der Waals surface area contributed by atoms with Gasteiger partial charge in [-0.25, -0.2) is 0 Å². The van der Waals surface area contributed by atoms with Crippen molar-refractivity contribution in [1.29, 1.82) is 0 Å². The van der Waals surface area contributed by atoms with Crippen LogP contribution in [0.2, 0.25) is 0 Å². The summed E-state index contributed by atoms with van der Waals surface area (Å²) in [4.78, 5) is 0. The molecule has 1 aliphatic carbocycles. The fraction of sp³-hybridized carbons (Fsp3) is 1.00. The third kappa shape index (κ3) is 1.68. The SMILES string of the molecule is CCNC1C[C@@H](O)[C@@H](O)C1. The lowest BCUT2D eigenvalue weighted by Gasteiger charge is -2.07. The van der Waals surface area contributed by atoms with Crippen molar-refractivity contribution in [3.8, 4) is 0 Å². The van der Waals surface area contributed by atoms with Crippen LogP contribution in [0.15, 0.2) is 0 Å². The van der Waals surface area contributed by atoms with Gasteiger partial charge in [-0.3, -0.25) is 0 Å². The Morgan fingerprint density at radius 1 is 1.30 bits per heavy atom. The summed E-state index contributed by atoms with van der Waals surface area (Å²) in [6.45, 7) is 2.93. The first-order valence-electron chi connectivity index (χ1n) is 3.83. The highest BCUT2D eigenvalue weighted by molar-refractivity contribution is 4.86.